The summed E-state index contributed by atoms with van der Waals surface area (Å²) in [6.45, 7) is 5.51. The second kappa shape index (κ2) is 9.48. The van der Waals surface area contributed by atoms with Crippen LogP contribution in [0.2, 0.25) is 0 Å². The van der Waals surface area contributed by atoms with Gasteiger partial charge in [0.1, 0.15) is 5.82 Å². The fourth-order valence-corrected chi connectivity index (χ4v) is 5.18. The standard InChI is InChI=1S/C29H31FN2O/c1-21-6-5-9-24(16-21)29(33)32(27-14-15-27)19-25-18-31(17-22-7-3-2-4-8-22)20-28(25)23-10-12-26(30)13-11-23/h2-13,16,25,27-28H,14-15,17-20H2,1H3. The number of amides is 1. The minimum Gasteiger partial charge on any atom is -0.335 e. The Labute approximate surface area is 195 Å². The summed E-state index contributed by atoms with van der Waals surface area (Å²) in [7, 11) is 0. The van der Waals surface area contributed by atoms with Gasteiger partial charge in [-0.2, -0.15) is 0 Å². The van der Waals surface area contributed by atoms with Crippen molar-refractivity contribution in [2.24, 2.45) is 5.92 Å². The van der Waals surface area contributed by atoms with Crippen LogP contribution in [0.4, 0.5) is 4.39 Å². The van der Waals surface area contributed by atoms with Gasteiger partial charge in [0, 0.05) is 43.7 Å². The topological polar surface area (TPSA) is 23.6 Å². The van der Waals surface area contributed by atoms with Gasteiger partial charge in [-0.25, -0.2) is 4.39 Å². The van der Waals surface area contributed by atoms with Crippen LogP contribution in [0.5, 0.6) is 0 Å². The van der Waals surface area contributed by atoms with Crippen molar-refractivity contribution in [1.29, 1.82) is 0 Å². The lowest BCUT2D eigenvalue weighted by Gasteiger charge is -2.29. The third kappa shape index (κ3) is 5.17. The number of hydrogen-bond acceptors (Lipinski definition) is 2. The van der Waals surface area contributed by atoms with Crippen molar-refractivity contribution in [3.05, 3.63) is 107 Å². The van der Waals surface area contributed by atoms with Crippen molar-refractivity contribution >= 4 is 5.91 Å². The van der Waals surface area contributed by atoms with E-state index in [2.05, 4.69) is 34.1 Å². The smallest absolute Gasteiger partial charge is 0.254 e. The molecule has 33 heavy (non-hydrogen) atoms. The fourth-order valence-electron chi connectivity index (χ4n) is 5.18. The number of aryl methyl sites for hydroxylation is 1. The van der Waals surface area contributed by atoms with Crippen LogP contribution in [0.3, 0.4) is 0 Å². The van der Waals surface area contributed by atoms with Gasteiger partial charge in [-0.1, -0.05) is 60.2 Å². The lowest BCUT2D eigenvalue weighted by Crippen LogP contribution is -2.39. The number of likely N-dealkylation sites (tertiary alicyclic amines) is 1. The van der Waals surface area contributed by atoms with Gasteiger partial charge in [0.2, 0.25) is 0 Å². The number of hydrogen-bond donors (Lipinski definition) is 0. The zero-order valence-electron chi connectivity index (χ0n) is 19.2. The molecule has 0 spiro atoms. The molecule has 1 aliphatic carbocycles. The number of carbonyl (C=O) groups is 1. The highest BCUT2D eigenvalue weighted by atomic mass is 19.1. The van der Waals surface area contributed by atoms with E-state index in [1.165, 1.54) is 5.56 Å². The average molecular weight is 443 g/mol. The van der Waals surface area contributed by atoms with Gasteiger partial charge in [-0.05, 0) is 61.1 Å². The van der Waals surface area contributed by atoms with E-state index in [1.807, 2.05) is 49.4 Å². The molecule has 1 amide bonds. The lowest BCUT2D eigenvalue weighted by molar-refractivity contribution is 0.0710. The van der Waals surface area contributed by atoms with Crippen LogP contribution in [0.25, 0.3) is 0 Å². The maximum Gasteiger partial charge on any atom is 0.254 e. The van der Waals surface area contributed by atoms with Crippen molar-refractivity contribution in [2.45, 2.75) is 38.3 Å². The van der Waals surface area contributed by atoms with E-state index in [4.69, 9.17) is 0 Å². The molecule has 2 fully saturated rings. The molecule has 1 heterocycles. The summed E-state index contributed by atoms with van der Waals surface area (Å²) in [4.78, 5) is 18.1. The summed E-state index contributed by atoms with van der Waals surface area (Å²) in [6.07, 6.45) is 2.17. The van der Waals surface area contributed by atoms with Gasteiger partial charge in [0.15, 0.2) is 0 Å². The molecule has 0 N–H and O–H groups in total. The third-order valence-electron chi connectivity index (χ3n) is 7.01. The summed E-state index contributed by atoms with van der Waals surface area (Å²) < 4.78 is 13.6. The van der Waals surface area contributed by atoms with E-state index >= 15 is 0 Å². The number of carbonyl (C=O) groups excluding carboxylic acids is 1. The quantitative estimate of drug-likeness (QED) is 0.472. The van der Waals surface area contributed by atoms with Gasteiger partial charge in [-0.3, -0.25) is 9.69 Å². The predicted molar refractivity (Wildman–Crippen MR) is 130 cm³/mol. The lowest BCUT2D eigenvalue weighted by atomic mass is 9.88. The van der Waals surface area contributed by atoms with E-state index in [0.717, 1.165) is 55.7 Å². The van der Waals surface area contributed by atoms with Crippen LogP contribution in [0.1, 0.15) is 45.8 Å². The molecule has 0 aromatic heterocycles. The van der Waals surface area contributed by atoms with E-state index in [0.29, 0.717) is 12.0 Å². The third-order valence-corrected chi connectivity index (χ3v) is 7.01. The largest absolute Gasteiger partial charge is 0.335 e. The van der Waals surface area contributed by atoms with E-state index in [1.54, 1.807) is 12.1 Å². The normalized spacial score (nSPS) is 20.7. The molecule has 2 atom stereocenters. The van der Waals surface area contributed by atoms with Crippen molar-refractivity contribution in [2.75, 3.05) is 19.6 Å². The van der Waals surface area contributed by atoms with Crippen LogP contribution in [-0.4, -0.2) is 41.4 Å². The van der Waals surface area contributed by atoms with Crippen molar-refractivity contribution in [1.82, 2.24) is 9.80 Å². The number of rotatable bonds is 7. The highest BCUT2D eigenvalue weighted by Crippen LogP contribution is 2.37. The monoisotopic (exact) mass is 442 g/mol. The summed E-state index contributed by atoms with van der Waals surface area (Å²) in [5.41, 5.74) is 4.34. The molecule has 3 aromatic rings. The van der Waals surface area contributed by atoms with Crippen molar-refractivity contribution < 1.29 is 9.18 Å². The Morgan fingerprint density at radius 1 is 0.970 bits per heavy atom. The first-order valence-corrected chi connectivity index (χ1v) is 12.0. The minimum atomic E-state index is -0.205. The van der Waals surface area contributed by atoms with E-state index in [9.17, 15) is 9.18 Å². The van der Waals surface area contributed by atoms with Crippen molar-refractivity contribution in [3.8, 4) is 0 Å². The second-order valence-electron chi connectivity index (χ2n) is 9.66. The molecule has 3 aromatic carbocycles. The Morgan fingerprint density at radius 2 is 1.73 bits per heavy atom. The van der Waals surface area contributed by atoms with E-state index in [-0.39, 0.29) is 17.6 Å². The predicted octanol–water partition coefficient (Wildman–Crippen LogP) is 5.65. The SMILES string of the molecule is Cc1cccc(C(=O)N(CC2CN(Cc3ccccc3)CC2c2ccc(F)cc2)C2CC2)c1. The number of benzene rings is 3. The Hall–Kier alpha value is -2.98. The molecule has 3 nitrogen and oxygen atoms in total. The van der Waals surface area contributed by atoms with Gasteiger partial charge in [-0.15, -0.1) is 0 Å². The maximum atomic E-state index is 13.6. The molecule has 2 aliphatic rings. The number of nitrogens with zero attached hydrogens (tertiary/aromatic N) is 2. The van der Waals surface area contributed by atoms with Crippen LogP contribution < -0.4 is 0 Å². The van der Waals surface area contributed by atoms with Crippen LogP contribution in [-0.2, 0) is 6.54 Å². The van der Waals surface area contributed by atoms with Gasteiger partial charge < -0.3 is 4.90 Å². The molecular formula is C29H31FN2O. The Balaban J connectivity index is 1.38. The number of halogens is 1. The molecule has 1 aliphatic heterocycles. The maximum absolute atomic E-state index is 13.6. The summed E-state index contributed by atoms with van der Waals surface area (Å²) >= 11 is 0. The Morgan fingerprint density at radius 3 is 2.42 bits per heavy atom. The fraction of sp³-hybridized carbons (Fsp3) is 0.345. The molecule has 5 rings (SSSR count). The average Bonchev–Trinajstić information content (AvgIpc) is 3.59. The molecule has 0 radical (unpaired) electrons. The molecule has 170 valence electrons. The van der Waals surface area contributed by atoms with Gasteiger partial charge >= 0.3 is 0 Å². The summed E-state index contributed by atoms with van der Waals surface area (Å²) in [5, 5.41) is 0. The van der Waals surface area contributed by atoms with Crippen LogP contribution >= 0.6 is 0 Å². The molecule has 1 saturated heterocycles. The molecular weight excluding hydrogens is 411 g/mol. The molecule has 2 unspecified atom stereocenters. The second-order valence-corrected chi connectivity index (χ2v) is 9.66. The summed E-state index contributed by atoms with van der Waals surface area (Å²) in [6, 6.07) is 25.7. The summed E-state index contributed by atoms with van der Waals surface area (Å²) in [5.74, 6) is 0.527. The Kier molecular flexibility index (Phi) is 6.28. The van der Waals surface area contributed by atoms with Crippen LogP contribution in [0, 0.1) is 18.7 Å². The van der Waals surface area contributed by atoms with Crippen molar-refractivity contribution in [3.63, 3.8) is 0 Å². The van der Waals surface area contributed by atoms with Crippen LogP contribution in [0.15, 0.2) is 78.9 Å². The molecule has 1 saturated carbocycles. The van der Waals surface area contributed by atoms with Gasteiger partial charge in [0.05, 0.1) is 0 Å². The van der Waals surface area contributed by atoms with E-state index < -0.39 is 0 Å². The first kappa shape index (κ1) is 21.8. The van der Waals surface area contributed by atoms with Gasteiger partial charge in [0.25, 0.3) is 5.91 Å². The molecule has 4 heteroatoms. The first-order chi connectivity index (χ1) is 16.1. The highest BCUT2D eigenvalue weighted by molar-refractivity contribution is 5.94. The zero-order valence-corrected chi connectivity index (χ0v) is 19.2. The highest BCUT2D eigenvalue weighted by Gasteiger charge is 2.40. The minimum absolute atomic E-state index is 0.139. The first-order valence-electron chi connectivity index (χ1n) is 12.0. The Bertz CT molecular complexity index is 1090. The zero-order chi connectivity index (χ0) is 22.8. The molecule has 0 bridgehead atoms.